The lowest BCUT2D eigenvalue weighted by molar-refractivity contribution is -0.880. The van der Waals surface area contributed by atoms with Crippen LogP contribution in [0.2, 0.25) is 0 Å². The molecule has 12 heteroatoms. The fourth-order valence-corrected chi connectivity index (χ4v) is 6.12. The molecule has 1 saturated heterocycles. The lowest BCUT2D eigenvalue weighted by Gasteiger charge is -2.32. The quantitative estimate of drug-likeness (QED) is 0.273. The molecule has 0 aliphatic carbocycles. The standard InChI is InChI=1S/C28H28FN5O5S/c1-4-39-27(36)24-17(2)30-28-33(25(24)18-5-7-20(29)8-6-18)26(35)23(40-28)16-19-15-21(34(37)38)9-10-22(19)32-13-11-31(3)12-14-32/h5-10,15-16,25H,4,11-14H2,1-3H3/p+1/b23-16+/t25-/m1/s1. The number of carbonyl (C=O) groups is 1. The summed E-state index contributed by atoms with van der Waals surface area (Å²) in [5.74, 6) is -1.05. The molecule has 1 atom stereocenters. The first-order valence-electron chi connectivity index (χ1n) is 13.0. The van der Waals surface area contributed by atoms with Crippen molar-refractivity contribution in [1.82, 2.24) is 4.57 Å². The molecule has 5 rings (SSSR count). The second-order valence-corrected chi connectivity index (χ2v) is 10.8. The summed E-state index contributed by atoms with van der Waals surface area (Å²) in [6, 6.07) is 9.42. The van der Waals surface area contributed by atoms with Gasteiger partial charge in [0, 0.05) is 23.4 Å². The molecular formula is C28H29FN5O5S+. The van der Waals surface area contributed by atoms with Crippen LogP contribution in [0, 0.1) is 15.9 Å². The van der Waals surface area contributed by atoms with Crippen LogP contribution in [0.15, 0.2) is 63.5 Å². The summed E-state index contributed by atoms with van der Waals surface area (Å²) in [6.07, 6.45) is 1.66. The van der Waals surface area contributed by atoms with Gasteiger partial charge in [0.2, 0.25) is 0 Å². The van der Waals surface area contributed by atoms with E-state index in [4.69, 9.17) is 4.74 Å². The number of halogens is 1. The summed E-state index contributed by atoms with van der Waals surface area (Å²) in [6.45, 7) is 6.90. The lowest BCUT2D eigenvalue weighted by atomic mass is 9.96. The van der Waals surface area contributed by atoms with E-state index in [0.717, 1.165) is 43.2 Å². The fraction of sp³-hybridized carbons (Fsp3) is 0.321. The third-order valence-corrected chi connectivity index (χ3v) is 8.15. The first-order chi connectivity index (χ1) is 19.2. The van der Waals surface area contributed by atoms with Gasteiger partial charge in [-0.25, -0.2) is 14.2 Å². The minimum Gasteiger partial charge on any atom is -0.463 e. The van der Waals surface area contributed by atoms with Crippen LogP contribution in [0.1, 0.15) is 31.0 Å². The van der Waals surface area contributed by atoms with Crippen molar-refractivity contribution in [3.63, 3.8) is 0 Å². The van der Waals surface area contributed by atoms with Gasteiger partial charge in [0.1, 0.15) is 5.82 Å². The zero-order chi connectivity index (χ0) is 28.6. The van der Waals surface area contributed by atoms with Gasteiger partial charge in [-0.2, -0.15) is 0 Å². The van der Waals surface area contributed by atoms with E-state index in [1.54, 1.807) is 26.0 Å². The molecule has 2 aromatic carbocycles. The molecule has 0 unspecified atom stereocenters. The summed E-state index contributed by atoms with van der Waals surface area (Å²) in [7, 11) is 2.12. The second kappa shape index (κ2) is 11.1. The minimum absolute atomic E-state index is 0.0767. The van der Waals surface area contributed by atoms with E-state index in [0.29, 0.717) is 26.2 Å². The van der Waals surface area contributed by atoms with E-state index >= 15 is 0 Å². The highest BCUT2D eigenvalue weighted by atomic mass is 32.1. The number of piperazine rings is 1. The Morgan fingerprint density at radius 1 is 1.25 bits per heavy atom. The van der Waals surface area contributed by atoms with Crippen LogP contribution in [0.3, 0.4) is 0 Å². The number of benzene rings is 2. The molecule has 0 amide bonds. The molecule has 0 radical (unpaired) electrons. The maximum atomic E-state index is 13.9. The number of likely N-dealkylation sites (N-methyl/N-ethyl adjacent to an activating group) is 1. The number of hydrogen-bond donors (Lipinski definition) is 1. The molecule has 0 saturated carbocycles. The third kappa shape index (κ3) is 5.19. The zero-order valence-electron chi connectivity index (χ0n) is 22.3. The summed E-state index contributed by atoms with van der Waals surface area (Å²) in [5.41, 5.74) is 2.00. The van der Waals surface area contributed by atoms with Gasteiger partial charge in [0.05, 0.1) is 66.6 Å². The van der Waals surface area contributed by atoms with Gasteiger partial charge in [-0.05, 0) is 43.7 Å². The lowest BCUT2D eigenvalue weighted by Crippen LogP contribution is -3.12. The van der Waals surface area contributed by atoms with Crippen LogP contribution >= 0.6 is 11.3 Å². The van der Waals surface area contributed by atoms with Crippen molar-refractivity contribution >= 4 is 34.8 Å². The number of rotatable bonds is 6. The Kier molecular flexibility index (Phi) is 7.63. The number of thiazole rings is 1. The highest BCUT2D eigenvalue weighted by Gasteiger charge is 2.33. The average Bonchev–Trinajstić information content (AvgIpc) is 3.23. The van der Waals surface area contributed by atoms with Gasteiger partial charge in [-0.3, -0.25) is 19.5 Å². The fourth-order valence-electron chi connectivity index (χ4n) is 5.08. The molecule has 3 heterocycles. The predicted octanol–water partition coefficient (Wildman–Crippen LogP) is 1.18. The van der Waals surface area contributed by atoms with Crippen LogP contribution in [0.4, 0.5) is 15.8 Å². The van der Waals surface area contributed by atoms with Crippen molar-refractivity contribution in [2.75, 3.05) is 44.7 Å². The maximum Gasteiger partial charge on any atom is 0.338 e. The third-order valence-electron chi connectivity index (χ3n) is 7.17. The first-order valence-corrected chi connectivity index (χ1v) is 13.8. The highest BCUT2D eigenvalue weighted by Crippen LogP contribution is 2.31. The Bertz CT molecular complexity index is 1690. The van der Waals surface area contributed by atoms with E-state index in [2.05, 4.69) is 16.9 Å². The Morgan fingerprint density at radius 3 is 2.60 bits per heavy atom. The highest BCUT2D eigenvalue weighted by molar-refractivity contribution is 7.07. The Hall–Kier alpha value is -4.16. The molecule has 0 bridgehead atoms. The average molecular weight is 567 g/mol. The topological polar surface area (TPSA) is 111 Å². The Morgan fingerprint density at radius 2 is 1.95 bits per heavy atom. The number of esters is 1. The molecule has 1 fully saturated rings. The Balaban J connectivity index is 1.70. The van der Waals surface area contributed by atoms with Gasteiger partial charge >= 0.3 is 5.97 Å². The second-order valence-electron chi connectivity index (χ2n) is 9.80. The molecule has 10 nitrogen and oxygen atoms in total. The number of nitrogens with zero attached hydrogens (tertiary/aromatic N) is 4. The zero-order valence-corrected chi connectivity index (χ0v) is 23.2. The number of nitrogens with one attached hydrogen (secondary N) is 1. The maximum absolute atomic E-state index is 13.9. The number of allylic oxidation sites excluding steroid dienone is 1. The molecule has 40 heavy (non-hydrogen) atoms. The van der Waals surface area contributed by atoms with Crippen molar-refractivity contribution in [2.45, 2.75) is 19.9 Å². The number of nitro benzene ring substituents is 1. The van der Waals surface area contributed by atoms with E-state index in [1.807, 2.05) is 0 Å². The molecular weight excluding hydrogens is 537 g/mol. The van der Waals surface area contributed by atoms with Gasteiger partial charge in [-0.15, -0.1) is 0 Å². The van der Waals surface area contributed by atoms with Crippen LogP contribution in [0.5, 0.6) is 0 Å². The van der Waals surface area contributed by atoms with Crippen LogP contribution in [-0.4, -0.2) is 55.3 Å². The number of non-ortho nitro benzene ring substituents is 1. The number of quaternary nitrogens is 1. The predicted molar refractivity (Wildman–Crippen MR) is 149 cm³/mol. The summed E-state index contributed by atoms with van der Waals surface area (Å²) in [5, 5.41) is 11.6. The van der Waals surface area contributed by atoms with Crippen LogP contribution in [0.25, 0.3) is 6.08 Å². The monoisotopic (exact) mass is 566 g/mol. The molecule has 1 N–H and O–H groups in total. The van der Waals surface area contributed by atoms with Gasteiger partial charge < -0.3 is 14.5 Å². The Labute approximate surface area is 233 Å². The van der Waals surface area contributed by atoms with Crippen molar-refractivity contribution in [3.05, 3.63) is 100 Å². The smallest absolute Gasteiger partial charge is 0.338 e. The van der Waals surface area contributed by atoms with Crippen LogP contribution < -0.4 is 24.7 Å². The number of hydrogen-bond acceptors (Lipinski definition) is 8. The van der Waals surface area contributed by atoms with E-state index in [9.17, 15) is 24.1 Å². The number of nitro groups is 1. The first kappa shape index (κ1) is 27.4. The van der Waals surface area contributed by atoms with Crippen LogP contribution in [-0.2, 0) is 9.53 Å². The molecule has 3 aromatic rings. The van der Waals surface area contributed by atoms with Crippen molar-refractivity contribution in [2.24, 2.45) is 4.99 Å². The van der Waals surface area contributed by atoms with E-state index < -0.39 is 28.3 Å². The van der Waals surface area contributed by atoms with Crippen molar-refractivity contribution in [1.29, 1.82) is 0 Å². The minimum atomic E-state index is -0.872. The number of carbonyl (C=O) groups excluding carboxylic acids is 1. The largest absolute Gasteiger partial charge is 0.463 e. The van der Waals surface area contributed by atoms with E-state index in [1.165, 1.54) is 45.9 Å². The van der Waals surface area contributed by atoms with Crippen molar-refractivity contribution in [3.8, 4) is 0 Å². The van der Waals surface area contributed by atoms with Gasteiger partial charge in [0.15, 0.2) is 4.80 Å². The molecule has 2 aliphatic heterocycles. The molecule has 0 spiro atoms. The molecule has 1 aromatic heterocycles. The van der Waals surface area contributed by atoms with Gasteiger partial charge in [-0.1, -0.05) is 23.5 Å². The summed E-state index contributed by atoms with van der Waals surface area (Å²) in [4.78, 5) is 46.6. The molecule has 208 valence electrons. The normalized spacial score (nSPS) is 17.9. The number of ether oxygens (including phenoxy) is 1. The number of fused-ring (bicyclic) bond motifs is 1. The molecule has 2 aliphatic rings. The van der Waals surface area contributed by atoms with Crippen molar-refractivity contribution < 1.29 is 23.7 Å². The van der Waals surface area contributed by atoms with Gasteiger partial charge in [0.25, 0.3) is 11.2 Å². The van der Waals surface area contributed by atoms with E-state index in [-0.39, 0.29) is 17.9 Å². The summed E-state index contributed by atoms with van der Waals surface area (Å²) >= 11 is 1.13. The number of anilines is 1. The number of aromatic nitrogens is 1. The summed E-state index contributed by atoms with van der Waals surface area (Å²) < 4.78 is 20.8. The SMILES string of the molecule is CCOC(=O)C1=C(C)N=c2s/c(=C/c3cc([N+](=O)[O-])ccc3N3CC[NH+](C)CC3)c(=O)n2[C@@H]1c1ccc(F)cc1.